The molecule has 0 amide bonds. The van der Waals surface area contributed by atoms with Crippen molar-refractivity contribution in [2.45, 2.75) is 26.7 Å². The smallest absolute Gasteiger partial charge is 0.124 e. The van der Waals surface area contributed by atoms with E-state index in [-0.39, 0.29) is 5.92 Å². The molecule has 3 heteroatoms. The molecular formula is C14H23NO2. The fraction of sp³-hybridized carbons (Fsp3) is 0.571. The fourth-order valence-corrected chi connectivity index (χ4v) is 2.31. The summed E-state index contributed by atoms with van der Waals surface area (Å²) in [4.78, 5) is 0. The molecule has 17 heavy (non-hydrogen) atoms. The van der Waals surface area contributed by atoms with Gasteiger partial charge in [-0.3, -0.25) is 0 Å². The summed E-state index contributed by atoms with van der Waals surface area (Å²) >= 11 is 0. The van der Waals surface area contributed by atoms with E-state index in [0.29, 0.717) is 13.2 Å². The van der Waals surface area contributed by atoms with E-state index < -0.39 is 0 Å². The van der Waals surface area contributed by atoms with E-state index in [4.69, 9.17) is 15.2 Å². The molecule has 0 saturated heterocycles. The van der Waals surface area contributed by atoms with Crippen molar-refractivity contribution < 1.29 is 9.47 Å². The summed E-state index contributed by atoms with van der Waals surface area (Å²) in [5.41, 5.74) is 10.7. The van der Waals surface area contributed by atoms with Gasteiger partial charge in [-0.15, -0.1) is 0 Å². The molecule has 2 N–H and O–H groups in total. The highest BCUT2D eigenvalue weighted by molar-refractivity contribution is 5.50. The summed E-state index contributed by atoms with van der Waals surface area (Å²) in [5, 5.41) is 0. The van der Waals surface area contributed by atoms with Crippen molar-refractivity contribution in [1.82, 2.24) is 0 Å². The van der Waals surface area contributed by atoms with Crippen LogP contribution in [-0.2, 0) is 4.74 Å². The second-order valence-corrected chi connectivity index (χ2v) is 4.45. The number of benzene rings is 1. The van der Waals surface area contributed by atoms with Crippen LogP contribution in [0.15, 0.2) is 6.07 Å². The van der Waals surface area contributed by atoms with Crippen LogP contribution >= 0.6 is 0 Å². The molecule has 1 aromatic rings. The molecule has 3 nitrogen and oxygen atoms in total. The van der Waals surface area contributed by atoms with Crippen LogP contribution in [0, 0.1) is 20.8 Å². The Balaban J connectivity index is 3.25. The SMILES string of the molecule is COCC(CN)c1cc(C)c(OC)c(C)c1C. The van der Waals surface area contributed by atoms with E-state index in [0.717, 1.165) is 11.3 Å². The molecule has 0 spiro atoms. The van der Waals surface area contributed by atoms with E-state index in [1.807, 2.05) is 0 Å². The average molecular weight is 237 g/mol. The molecule has 1 rings (SSSR count). The Hall–Kier alpha value is -1.06. The molecule has 0 heterocycles. The summed E-state index contributed by atoms with van der Waals surface area (Å²) < 4.78 is 10.7. The maximum Gasteiger partial charge on any atom is 0.124 e. The number of hydrogen-bond acceptors (Lipinski definition) is 3. The van der Waals surface area contributed by atoms with Gasteiger partial charge in [0.05, 0.1) is 13.7 Å². The zero-order valence-electron chi connectivity index (χ0n) is 11.5. The molecule has 1 unspecified atom stereocenters. The normalized spacial score (nSPS) is 12.6. The predicted octanol–water partition coefficient (Wildman–Crippen LogP) is 2.31. The fourth-order valence-electron chi connectivity index (χ4n) is 2.31. The van der Waals surface area contributed by atoms with Crippen molar-refractivity contribution in [2.75, 3.05) is 27.4 Å². The van der Waals surface area contributed by atoms with Gasteiger partial charge in [-0.05, 0) is 43.0 Å². The molecule has 0 aliphatic rings. The summed E-state index contributed by atoms with van der Waals surface area (Å²) in [6.07, 6.45) is 0. The number of rotatable bonds is 5. The standard InChI is InChI=1S/C14H23NO2/c1-9-6-13(12(7-15)8-16-4)10(2)11(3)14(9)17-5/h6,12H,7-8,15H2,1-5H3. The van der Waals surface area contributed by atoms with Gasteiger partial charge in [0.15, 0.2) is 0 Å². The van der Waals surface area contributed by atoms with Crippen molar-refractivity contribution in [2.24, 2.45) is 5.73 Å². The van der Waals surface area contributed by atoms with E-state index >= 15 is 0 Å². The van der Waals surface area contributed by atoms with E-state index in [9.17, 15) is 0 Å². The van der Waals surface area contributed by atoms with Gasteiger partial charge in [0.1, 0.15) is 5.75 Å². The third-order valence-corrected chi connectivity index (χ3v) is 3.36. The maximum atomic E-state index is 5.82. The quantitative estimate of drug-likeness (QED) is 0.854. The lowest BCUT2D eigenvalue weighted by Gasteiger charge is -2.21. The van der Waals surface area contributed by atoms with Crippen LogP contribution in [-0.4, -0.2) is 27.4 Å². The summed E-state index contributed by atoms with van der Waals surface area (Å²) in [7, 11) is 3.42. The zero-order valence-corrected chi connectivity index (χ0v) is 11.5. The number of nitrogens with two attached hydrogens (primary N) is 1. The van der Waals surface area contributed by atoms with Gasteiger partial charge in [-0.2, -0.15) is 0 Å². The van der Waals surface area contributed by atoms with Gasteiger partial charge in [0, 0.05) is 19.6 Å². The highest BCUT2D eigenvalue weighted by Gasteiger charge is 2.17. The van der Waals surface area contributed by atoms with Gasteiger partial charge in [0.25, 0.3) is 0 Å². The first kappa shape index (κ1) is 14.0. The topological polar surface area (TPSA) is 44.5 Å². The first-order valence-electron chi connectivity index (χ1n) is 5.90. The average Bonchev–Trinajstić information content (AvgIpc) is 2.32. The van der Waals surface area contributed by atoms with Gasteiger partial charge in [-0.25, -0.2) is 0 Å². The van der Waals surface area contributed by atoms with Gasteiger partial charge < -0.3 is 15.2 Å². The van der Waals surface area contributed by atoms with E-state index in [1.165, 1.54) is 16.7 Å². The number of hydrogen-bond donors (Lipinski definition) is 1. The molecule has 0 fully saturated rings. The van der Waals surface area contributed by atoms with Crippen molar-refractivity contribution >= 4 is 0 Å². The lowest BCUT2D eigenvalue weighted by Crippen LogP contribution is -2.19. The Kier molecular flexibility index (Phi) is 4.97. The lowest BCUT2D eigenvalue weighted by molar-refractivity contribution is 0.181. The van der Waals surface area contributed by atoms with Crippen molar-refractivity contribution in [3.63, 3.8) is 0 Å². The molecule has 0 bridgehead atoms. The zero-order chi connectivity index (χ0) is 13.0. The highest BCUT2D eigenvalue weighted by Crippen LogP contribution is 2.32. The molecular weight excluding hydrogens is 214 g/mol. The van der Waals surface area contributed by atoms with Crippen LogP contribution in [0.2, 0.25) is 0 Å². The molecule has 0 aliphatic carbocycles. The second-order valence-electron chi connectivity index (χ2n) is 4.45. The van der Waals surface area contributed by atoms with Crippen LogP contribution in [0.25, 0.3) is 0 Å². The molecule has 96 valence electrons. The molecule has 1 atom stereocenters. The first-order chi connectivity index (χ1) is 8.06. The number of aryl methyl sites for hydroxylation is 1. The number of methoxy groups -OCH3 is 2. The number of ether oxygens (including phenoxy) is 2. The Bertz CT molecular complexity index is 388. The molecule has 0 aromatic heterocycles. The second kappa shape index (κ2) is 6.03. The summed E-state index contributed by atoms with van der Waals surface area (Å²) in [6, 6.07) is 2.16. The van der Waals surface area contributed by atoms with Gasteiger partial charge in [0.2, 0.25) is 0 Å². The van der Waals surface area contributed by atoms with Crippen molar-refractivity contribution in [3.8, 4) is 5.75 Å². The third-order valence-electron chi connectivity index (χ3n) is 3.36. The molecule has 1 aromatic carbocycles. The lowest BCUT2D eigenvalue weighted by atomic mass is 9.90. The van der Waals surface area contributed by atoms with Crippen molar-refractivity contribution in [1.29, 1.82) is 0 Å². The maximum absolute atomic E-state index is 5.82. The molecule has 0 saturated carbocycles. The Morgan fingerprint density at radius 2 is 1.82 bits per heavy atom. The minimum atomic E-state index is 0.253. The minimum Gasteiger partial charge on any atom is -0.496 e. The summed E-state index contributed by atoms with van der Waals surface area (Å²) in [6.45, 7) is 7.52. The predicted molar refractivity (Wildman–Crippen MR) is 70.9 cm³/mol. The van der Waals surface area contributed by atoms with E-state index in [2.05, 4.69) is 26.8 Å². The monoisotopic (exact) mass is 237 g/mol. The van der Waals surface area contributed by atoms with Gasteiger partial charge in [-0.1, -0.05) is 6.07 Å². The first-order valence-corrected chi connectivity index (χ1v) is 5.90. The van der Waals surface area contributed by atoms with Crippen molar-refractivity contribution in [3.05, 3.63) is 28.3 Å². The Morgan fingerprint density at radius 3 is 2.29 bits per heavy atom. The van der Waals surface area contributed by atoms with Gasteiger partial charge >= 0.3 is 0 Å². The highest BCUT2D eigenvalue weighted by atomic mass is 16.5. The molecule has 0 radical (unpaired) electrons. The van der Waals surface area contributed by atoms with E-state index in [1.54, 1.807) is 14.2 Å². The largest absolute Gasteiger partial charge is 0.496 e. The van der Waals surface area contributed by atoms with Crippen LogP contribution in [0.5, 0.6) is 5.75 Å². The summed E-state index contributed by atoms with van der Waals surface area (Å²) in [5.74, 6) is 1.22. The van der Waals surface area contributed by atoms with Crippen LogP contribution in [0.1, 0.15) is 28.2 Å². The van der Waals surface area contributed by atoms with Crippen LogP contribution < -0.4 is 10.5 Å². The Labute approximate surface area is 104 Å². The van der Waals surface area contributed by atoms with Crippen LogP contribution in [0.3, 0.4) is 0 Å². The van der Waals surface area contributed by atoms with Crippen LogP contribution in [0.4, 0.5) is 0 Å². The third kappa shape index (κ3) is 2.79. The Morgan fingerprint density at radius 1 is 1.18 bits per heavy atom. The molecule has 0 aliphatic heterocycles. The minimum absolute atomic E-state index is 0.253.